The fraction of sp³-hybridized carbons (Fsp3) is 0.238. The highest BCUT2D eigenvalue weighted by molar-refractivity contribution is 5.98. The fourth-order valence-corrected chi connectivity index (χ4v) is 3.56. The number of hydrogen-bond acceptors (Lipinski definition) is 2. The van der Waals surface area contributed by atoms with E-state index in [1.54, 1.807) is 11.0 Å². The average molecular weight is 368 g/mol. The molecule has 1 aliphatic heterocycles. The van der Waals surface area contributed by atoms with Gasteiger partial charge in [-0.2, -0.15) is 0 Å². The molecule has 27 heavy (non-hydrogen) atoms. The standard InChI is InChI=1S/C21H18F2N2O2/c22-14-3-1-13(2-4-14)20(26)7-8-21(27)25-10-9-19-17(12-25)16-11-15(23)5-6-18(16)24-19/h1-6,11,24H,7-10,12H2. The van der Waals surface area contributed by atoms with Crippen LogP contribution in [0.25, 0.3) is 10.9 Å². The van der Waals surface area contributed by atoms with Gasteiger partial charge in [0.15, 0.2) is 5.78 Å². The molecule has 1 amide bonds. The van der Waals surface area contributed by atoms with Gasteiger partial charge >= 0.3 is 0 Å². The zero-order valence-corrected chi connectivity index (χ0v) is 14.6. The highest BCUT2D eigenvalue weighted by atomic mass is 19.1. The molecular weight excluding hydrogens is 350 g/mol. The number of benzene rings is 2. The fourth-order valence-electron chi connectivity index (χ4n) is 3.56. The molecule has 0 radical (unpaired) electrons. The molecule has 138 valence electrons. The summed E-state index contributed by atoms with van der Waals surface area (Å²) in [6.45, 7) is 0.967. The number of nitrogens with zero attached hydrogens (tertiary/aromatic N) is 1. The Labute approximate surface area is 154 Å². The lowest BCUT2D eigenvalue weighted by Gasteiger charge is -2.27. The number of Topliss-reactive ketones (excluding diaryl/α,β-unsaturated/α-hetero) is 1. The van der Waals surface area contributed by atoms with Gasteiger partial charge in [-0.15, -0.1) is 0 Å². The van der Waals surface area contributed by atoms with Crippen LogP contribution in [0.15, 0.2) is 42.5 Å². The van der Waals surface area contributed by atoms with E-state index >= 15 is 0 Å². The molecule has 0 unspecified atom stereocenters. The van der Waals surface area contributed by atoms with Crippen molar-refractivity contribution in [1.29, 1.82) is 0 Å². The van der Waals surface area contributed by atoms with Crippen molar-refractivity contribution in [3.8, 4) is 0 Å². The number of amides is 1. The SMILES string of the molecule is O=C(CCC(=O)N1CCc2[nH]c3ccc(F)cc3c2C1)c1ccc(F)cc1. The number of fused-ring (bicyclic) bond motifs is 3. The van der Waals surface area contributed by atoms with Crippen molar-refractivity contribution in [2.75, 3.05) is 6.54 Å². The molecule has 4 rings (SSSR count). The number of rotatable bonds is 4. The van der Waals surface area contributed by atoms with E-state index in [0.29, 0.717) is 25.1 Å². The van der Waals surface area contributed by atoms with E-state index in [9.17, 15) is 18.4 Å². The third kappa shape index (κ3) is 3.47. The predicted octanol–water partition coefficient (Wildman–Crippen LogP) is 3.99. The van der Waals surface area contributed by atoms with Crippen molar-refractivity contribution < 1.29 is 18.4 Å². The van der Waals surface area contributed by atoms with Gasteiger partial charge in [-0.25, -0.2) is 8.78 Å². The molecule has 1 N–H and O–H groups in total. The summed E-state index contributed by atoms with van der Waals surface area (Å²) < 4.78 is 26.5. The van der Waals surface area contributed by atoms with Gasteiger partial charge in [0.1, 0.15) is 11.6 Å². The van der Waals surface area contributed by atoms with Gasteiger partial charge in [-0.1, -0.05) is 0 Å². The van der Waals surface area contributed by atoms with Gasteiger partial charge in [0, 0.05) is 60.1 Å². The Bertz CT molecular complexity index is 1020. The van der Waals surface area contributed by atoms with Crippen LogP contribution in [0.3, 0.4) is 0 Å². The Morgan fingerprint density at radius 1 is 1.00 bits per heavy atom. The van der Waals surface area contributed by atoms with E-state index in [4.69, 9.17) is 0 Å². The number of hydrogen-bond donors (Lipinski definition) is 1. The van der Waals surface area contributed by atoms with E-state index in [1.807, 2.05) is 0 Å². The maximum absolute atomic E-state index is 13.6. The number of nitrogens with one attached hydrogen (secondary N) is 1. The Morgan fingerprint density at radius 2 is 1.74 bits per heavy atom. The lowest BCUT2D eigenvalue weighted by atomic mass is 10.0. The van der Waals surface area contributed by atoms with E-state index < -0.39 is 5.82 Å². The third-order valence-electron chi connectivity index (χ3n) is 5.02. The van der Waals surface area contributed by atoms with Crippen LogP contribution >= 0.6 is 0 Å². The van der Waals surface area contributed by atoms with Crippen molar-refractivity contribution in [1.82, 2.24) is 9.88 Å². The number of carbonyl (C=O) groups is 2. The number of H-pyrrole nitrogens is 1. The molecular formula is C21H18F2N2O2. The molecule has 0 aliphatic carbocycles. The number of aromatic nitrogens is 1. The maximum Gasteiger partial charge on any atom is 0.223 e. The summed E-state index contributed by atoms with van der Waals surface area (Å²) in [7, 11) is 0. The van der Waals surface area contributed by atoms with E-state index in [0.717, 1.165) is 22.2 Å². The molecule has 0 fully saturated rings. The van der Waals surface area contributed by atoms with Crippen molar-refractivity contribution in [3.63, 3.8) is 0 Å². The number of ketones is 1. The monoisotopic (exact) mass is 368 g/mol. The first-order valence-corrected chi connectivity index (χ1v) is 8.87. The van der Waals surface area contributed by atoms with Crippen molar-refractivity contribution in [2.24, 2.45) is 0 Å². The van der Waals surface area contributed by atoms with Crippen molar-refractivity contribution in [2.45, 2.75) is 25.8 Å². The number of aromatic amines is 1. The van der Waals surface area contributed by atoms with Crippen LogP contribution in [0, 0.1) is 11.6 Å². The molecule has 0 atom stereocenters. The molecule has 1 aromatic heterocycles. The summed E-state index contributed by atoms with van der Waals surface area (Å²) in [5.41, 5.74) is 3.23. The molecule has 1 aliphatic rings. The maximum atomic E-state index is 13.6. The Balaban J connectivity index is 1.43. The van der Waals surface area contributed by atoms with Crippen LogP contribution in [0.1, 0.15) is 34.5 Å². The highest BCUT2D eigenvalue weighted by Crippen LogP contribution is 2.28. The molecule has 2 heterocycles. The quantitative estimate of drug-likeness (QED) is 0.708. The van der Waals surface area contributed by atoms with Crippen LogP contribution < -0.4 is 0 Å². The first-order valence-electron chi connectivity index (χ1n) is 8.87. The molecule has 0 saturated carbocycles. The first kappa shape index (κ1) is 17.4. The molecule has 0 spiro atoms. The zero-order valence-electron chi connectivity index (χ0n) is 14.6. The van der Waals surface area contributed by atoms with Crippen LogP contribution in [0.4, 0.5) is 8.78 Å². The molecule has 0 saturated heterocycles. The average Bonchev–Trinajstić information content (AvgIpc) is 3.03. The van der Waals surface area contributed by atoms with E-state index in [1.165, 1.54) is 36.4 Å². The Kier molecular flexibility index (Phi) is 4.48. The molecule has 4 nitrogen and oxygen atoms in total. The van der Waals surface area contributed by atoms with Crippen molar-refractivity contribution in [3.05, 3.63) is 70.9 Å². The lowest BCUT2D eigenvalue weighted by molar-refractivity contribution is -0.132. The van der Waals surface area contributed by atoms with Crippen LogP contribution in [0.2, 0.25) is 0 Å². The molecule has 2 aromatic carbocycles. The Morgan fingerprint density at radius 3 is 2.52 bits per heavy atom. The van der Waals surface area contributed by atoms with Gasteiger partial charge in [0.25, 0.3) is 0 Å². The van der Waals surface area contributed by atoms with Crippen molar-refractivity contribution >= 4 is 22.6 Å². The third-order valence-corrected chi connectivity index (χ3v) is 5.02. The minimum absolute atomic E-state index is 0.0797. The summed E-state index contributed by atoms with van der Waals surface area (Å²) in [5, 5.41) is 0.796. The summed E-state index contributed by atoms with van der Waals surface area (Å²) in [5.74, 6) is -1.00. The predicted molar refractivity (Wildman–Crippen MR) is 97.3 cm³/mol. The van der Waals surface area contributed by atoms with Gasteiger partial charge < -0.3 is 9.88 Å². The Hall–Kier alpha value is -3.02. The second-order valence-electron chi connectivity index (χ2n) is 6.77. The number of halogens is 2. The summed E-state index contributed by atoms with van der Waals surface area (Å²) in [4.78, 5) is 29.7. The summed E-state index contributed by atoms with van der Waals surface area (Å²) >= 11 is 0. The second-order valence-corrected chi connectivity index (χ2v) is 6.77. The lowest BCUT2D eigenvalue weighted by Crippen LogP contribution is -2.35. The van der Waals surface area contributed by atoms with Crippen LogP contribution in [-0.4, -0.2) is 28.1 Å². The highest BCUT2D eigenvalue weighted by Gasteiger charge is 2.24. The van der Waals surface area contributed by atoms with Crippen LogP contribution in [-0.2, 0) is 17.8 Å². The van der Waals surface area contributed by atoms with Crippen LogP contribution in [0.5, 0.6) is 0 Å². The largest absolute Gasteiger partial charge is 0.358 e. The smallest absolute Gasteiger partial charge is 0.223 e. The normalized spacial score (nSPS) is 13.6. The minimum atomic E-state index is -0.401. The summed E-state index contributed by atoms with van der Waals surface area (Å²) in [6, 6.07) is 9.92. The molecule has 0 bridgehead atoms. The van der Waals surface area contributed by atoms with E-state index in [2.05, 4.69) is 4.98 Å². The molecule has 6 heteroatoms. The van der Waals surface area contributed by atoms with E-state index in [-0.39, 0.29) is 30.3 Å². The zero-order chi connectivity index (χ0) is 19.0. The number of carbonyl (C=O) groups excluding carboxylic acids is 2. The first-order chi connectivity index (χ1) is 13.0. The van der Waals surface area contributed by atoms with Gasteiger partial charge in [-0.05, 0) is 42.5 Å². The minimum Gasteiger partial charge on any atom is -0.358 e. The van der Waals surface area contributed by atoms with Gasteiger partial charge in [0.05, 0.1) is 0 Å². The summed E-state index contributed by atoms with van der Waals surface area (Å²) in [6.07, 6.45) is 0.849. The van der Waals surface area contributed by atoms with Gasteiger partial charge in [0.2, 0.25) is 5.91 Å². The van der Waals surface area contributed by atoms with Gasteiger partial charge in [-0.3, -0.25) is 9.59 Å². The molecule has 3 aromatic rings. The topological polar surface area (TPSA) is 53.2 Å². The second kappa shape index (κ2) is 6.95.